The van der Waals surface area contributed by atoms with Crippen LogP contribution in [-0.2, 0) is 22.6 Å². The van der Waals surface area contributed by atoms with Gasteiger partial charge in [0.15, 0.2) is 9.84 Å². The molecule has 0 aliphatic carbocycles. The molecular formula is C11H12FN3O2S. The molecule has 96 valence electrons. The fraction of sp³-hybridized carbons (Fsp3) is 0.273. The number of hydrogen-bond acceptors (Lipinski definition) is 4. The summed E-state index contributed by atoms with van der Waals surface area (Å²) in [6.45, 7) is 1.71. The van der Waals surface area contributed by atoms with E-state index in [0.29, 0.717) is 5.82 Å². The molecule has 1 heterocycles. The van der Waals surface area contributed by atoms with Crippen molar-refractivity contribution in [1.29, 1.82) is 0 Å². The van der Waals surface area contributed by atoms with Gasteiger partial charge in [0.25, 0.3) is 0 Å². The van der Waals surface area contributed by atoms with Gasteiger partial charge in [-0.25, -0.2) is 12.8 Å². The van der Waals surface area contributed by atoms with E-state index in [1.807, 2.05) is 0 Å². The number of aryl methyl sites for hydroxylation is 1. The lowest BCUT2D eigenvalue weighted by atomic mass is 10.3. The molecule has 0 unspecified atom stereocenters. The van der Waals surface area contributed by atoms with Gasteiger partial charge in [0.1, 0.15) is 28.1 Å². The van der Waals surface area contributed by atoms with E-state index in [4.69, 9.17) is 0 Å². The second-order valence-electron chi connectivity index (χ2n) is 3.91. The van der Waals surface area contributed by atoms with Crippen molar-refractivity contribution in [2.75, 3.05) is 0 Å². The molecule has 0 amide bonds. The Morgan fingerprint density at radius 1 is 1.28 bits per heavy atom. The highest BCUT2D eigenvalue weighted by Gasteiger charge is 2.22. The van der Waals surface area contributed by atoms with Gasteiger partial charge in [-0.2, -0.15) is 0 Å². The normalized spacial score (nSPS) is 11.7. The van der Waals surface area contributed by atoms with Crippen LogP contribution in [0.2, 0.25) is 0 Å². The van der Waals surface area contributed by atoms with Crippen LogP contribution in [0.15, 0.2) is 29.2 Å². The zero-order valence-electron chi connectivity index (χ0n) is 9.96. The standard InChI is InChI=1S/C11H12FN3O2S/c1-8-13-14-11(15(8)2)7-18(16,17)10-6-4-3-5-9(10)12/h3-6H,7H2,1-2H3. The predicted molar refractivity (Wildman–Crippen MR) is 63.0 cm³/mol. The van der Waals surface area contributed by atoms with E-state index in [9.17, 15) is 12.8 Å². The maximum Gasteiger partial charge on any atom is 0.188 e. The maximum atomic E-state index is 13.5. The van der Waals surface area contributed by atoms with E-state index in [1.54, 1.807) is 18.5 Å². The molecule has 0 spiro atoms. The van der Waals surface area contributed by atoms with Gasteiger partial charge in [0.05, 0.1) is 0 Å². The number of hydrogen-bond donors (Lipinski definition) is 0. The lowest BCUT2D eigenvalue weighted by molar-refractivity contribution is 0.564. The Balaban J connectivity index is 2.40. The topological polar surface area (TPSA) is 64.8 Å². The third-order valence-electron chi connectivity index (χ3n) is 2.67. The molecule has 5 nitrogen and oxygen atoms in total. The first-order valence-corrected chi connectivity index (χ1v) is 6.89. The Bertz CT molecular complexity index is 679. The highest BCUT2D eigenvalue weighted by Crippen LogP contribution is 2.18. The Labute approximate surface area is 104 Å². The van der Waals surface area contributed by atoms with Gasteiger partial charge in [-0.15, -0.1) is 10.2 Å². The molecule has 0 N–H and O–H groups in total. The number of nitrogens with zero attached hydrogens (tertiary/aromatic N) is 3. The number of halogens is 1. The Kier molecular flexibility index (Phi) is 3.16. The minimum atomic E-state index is -3.75. The Morgan fingerprint density at radius 2 is 1.94 bits per heavy atom. The van der Waals surface area contributed by atoms with Crippen molar-refractivity contribution in [2.45, 2.75) is 17.6 Å². The second kappa shape index (κ2) is 4.49. The smallest absolute Gasteiger partial charge is 0.188 e. The number of benzene rings is 1. The third kappa shape index (κ3) is 2.26. The summed E-state index contributed by atoms with van der Waals surface area (Å²) >= 11 is 0. The fourth-order valence-electron chi connectivity index (χ4n) is 1.52. The monoisotopic (exact) mass is 269 g/mol. The van der Waals surface area contributed by atoms with Crippen LogP contribution in [0.25, 0.3) is 0 Å². The molecule has 0 fully saturated rings. The zero-order chi connectivity index (χ0) is 13.3. The van der Waals surface area contributed by atoms with E-state index in [0.717, 1.165) is 6.07 Å². The average molecular weight is 269 g/mol. The molecule has 1 aromatic carbocycles. The lowest BCUT2D eigenvalue weighted by Gasteiger charge is -2.05. The van der Waals surface area contributed by atoms with Crippen LogP contribution in [0.4, 0.5) is 4.39 Å². The highest BCUT2D eigenvalue weighted by molar-refractivity contribution is 7.90. The molecule has 0 radical (unpaired) electrons. The lowest BCUT2D eigenvalue weighted by Crippen LogP contribution is -2.11. The van der Waals surface area contributed by atoms with Gasteiger partial charge in [0.2, 0.25) is 0 Å². The molecule has 0 aliphatic rings. The van der Waals surface area contributed by atoms with Crippen molar-refractivity contribution in [3.63, 3.8) is 0 Å². The summed E-state index contributed by atoms with van der Waals surface area (Å²) in [7, 11) is -2.08. The summed E-state index contributed by atoms with van der Waals surface area (Å²) in [6.07, 6.45) is 0. The molecule has 1 aromatic heterocycles. The Morgan fingerprint density at radius 3 is 2.50 bits per heavy atom. The minimum absolute atomic E-state index is 0.288. The molecular weight excluding hydrogens is 257 g/mol. The molecule has 0 atom stereocenters. The number of rotatable bonds is 3. The first kappa shape index (κ1) is 12.7. The largest absolute Gasteiger partial charge is 0.317 e. The minimum Gasteiger partial charge on any atom is -0.317 e. The van der Waals surface area contributed by atoms with Gasteiger partial charge < -0.3 is 4.57 Å². The second-order valence-corrected chi connectivity index (χ2v) is 5.87. The SMILES string of the molecule is Cc1nnc(CS(=O)(=O)c2ccccc2F)n1C. The number of aromatic nitrogens is 3. The first-order valence-electron chi connectivity index (χ1n) is 5.24. The van der Waals surface area contributed by atoms with Crippen molar-refractivity contribution in [3.05, 3.63) is 41.7 Å². The zero-order valence-corrected chi connectivity index (χ0v) is 10.8. The van der Waals surface area contributed by atoms with Crippen molar-refractivity contribution in [1.82, 2.24) is 14.8 Å². The summed E-state index contributed by atoms with van der Waals surface area (Å²) in [5.74, 6) is -0.230. The molecule has 2 aromatic rings. The number of sulfone groups is 1. The molecule has 0 saturated heterocycles. The van der Waals surface area contributed by atoms with E-state index in [2.05, 4.69) is 10.2 Å². The van der Waals surface area contributed by atoms with Crippen LogP contribution in [0.3, 0.4) is 0 Å². The van der Waals surface area contributed by atoms with Gasteiger partial charge >= 0.3 is 0 Å². The predicted octanol–water partition coefficient (Wildman–Crippen LogP) is 1.24. The van der Waals surface area contributed by atoms with E-state index >= 15 is 0 Å². The summed E-state index contributed by atoms with van der Waals surface area (Å²) in [6, 6.07) is 5.29. The highest BCUT2D eigenvalue weighted by atomic mass is 32.2. The van der Waals surface area contributed by atoms with Crippen LogP contribution < -0.4 is 0 Å². The summed E-state index contributed by atoms with van der Waals surface area (Å²) < 4.78 is 39.2. The molecule has 0 aliphatic heterocycles. The summed E-state index contributed by atoms with van der Waals surface area (Å²) in [5.41, 5.74) is 0. The van der Waals surface area contributed by atoms with Crippen LogP contribution >= 0.6 is 0 Å². The van der Waals surface area contributed by atoms with Gasteiger partial charge in [-0.1, -0.05) is 12.1 Å². The average Bonchev–Trinajstić information content (AvgIpc) is 2.61. The van der Waals surface area contributed by atoms with Gasteiger partial charge in [0, 0.05) is 7.05 Å². The maximum absolute atomic E-state index is 13.5. The first-order chi connectivity index (χ1) is 8.42. The molecule has 18 heavy (non-hydrogen) atoms. The Hall–Kier alpha value is -1.76. The van der Waals surface area contributed by atoms with Crippen LogP contribution in [0.1, 0.15) is 11.6 Å². The van der Waals surface area contributed by atoms with Crippen LogP contribution in [0.5, 0.6) is 0 Å². The van der Waals surface area contributed by atoms with Crippen molar-refractivity contribution in [2.24, 2.45) is 7.05 Å². The molecule has 0 bridgehead atoms. The molecule has 7 heteroatoms. The van der Waals surface area contributed by atoms with Gasteiger partial charge in [-0.3, -0.25) is 0 Å². The van der Waals surface area contributed by atoms with E-state index in [1.165, 1.54) is 18.2 Å². The van der Waals surface area contributed by atoms with Crippen LogP contribution in [-0.4, -0.2) is 23.2 Å². The van der Waals surface area contributed by atoms with Crippen molar-refractivity contribution < 1.29 is 12.8 Å². The summed E-state index contributed by atoms with van der Waals surface area (Å²) in [5, 5.41) is 7.54. The quantitative estimate of drug-likeness (QED) is 0.840. The van der Waals surface area contributed by atoms with Crippen LogP contribution in [0, 0.1) is 12.7 Å². The fourth-order valence-corrected chi connectivity index (χ4v) is 2.92. The summed E-state index contributed by atoms with van der Waals surface area (Å²) in [4.78, 5) is -0.314. The van der Waals surface area contributed by atoms with Crippen molar-refractivity contribution >= 4 is 9.84 Å². The van der Waals surface area contributed by atoms with Gasteiger partial charge in [-0.05, 0) is 19.1 Å². The third-order valence-corrected chi connectivity index (χ3v) is 4.31. The molecule has 2 rings (SSSR count). The van der Waals surface area contributed by atoms with E-state index < -0.39 is 15.7 Å². The van der Waals surface area contributed by atoms with Crippen molar-refractivity contribution in [3.8, 4) is 0 Å². The van der Waals surface area contributed by atoms with E-state index in [-0.39, 0.29) is 16.5 Å². The molecule has 0 saturated carbocycles.